The first-order valence-electron chi connectivity index (χ1n) is 6.60. The lowest BCUT2D eigenvalue weighted by Gasteiger charge is -2.14. The standard InChI is InChI=1S/C13H24N2S/c1-9(2)12-8-15-13(16-12)14-7-11-5-4-10(3)6-11/h9-12H,4-8H2,1-3H3,(H,14,15). The third-order valence-electron chi connectivity index (χ3n) is 3.77. The van der Waals surface area contributed by atoms with Crippen molar-refractivity contribution in [2.45, 2.75) is 45.3 Å². The van der Waals surface area contributed by atoms with Crippen molar-refractivity contribution < 1.29 is 0 Å². The Balaban J connectivity index is 1.68. The van der Waals surface area contributed by atoms with Gasteiger partial charge in [0.05, 0.1) is 6.54 Å². The molecule has 2 nitrogen and oxygen atoms in total. The van der Waals surface area contributed by atoms with Gasteiger partial charge in [-0.05, 0) is 30.6 Å². The smallest absolute Gasteiger partial charge is 0.156 e. The number of amidine groups is 1. The van der Waals surface area contributed by atoms with Crippen LogP contribution in [0.4, 0.5) is 0 Å². The van der Waals surface area contributed by atoms with Crippen LogP contribution >= 0.6 is 11.8 Å². The number of hydrogen-bond acceptors (Lipinski definition) is 3. The molecule has 1 heterocycles. The van der Waals surface area contributed by atoms with Gasteiger partial charge in [0.1, 0.15) is 0 Å². The van der Waals surface area contributed by atoms with Gasteiger partial charge in [-0.15, -0.1) is 0 Å². The van der Waals surface area contributed by atoms with Crippen LogP contribution in [0.15, 0.2) is 4.99 Å². The minimum atomic E-state index is 0.699. The van der Waals surface area contributed by atoms with Crippen molar-refractivity contribution >= 4 is 16.9 Å². The normalized spacial score (nSPS) is 34.5. The monoisotopic (exact) mass is 240 g/mol. The van der Waals surface area contributed by atoms with Gasteiger partial charge in [-0.1, -0.05) is 39.0 Å². The van der Waals surface area contributed by atoms with E-state index in [0.717, 1.165) is 30.8 Å². The van der Waals surface area contributed by atoms with Gasteiger partial charge in [-0.3, -0.25) is 4.99 Å². The summed E-state index contributed by atoms with van der Waals surface area (Å²) in [5, 5.41) is 5.43. The lowest BCUT2D eigenvalue weighted by atomic mass is 10.1. The molecule has 1 fully saturated rings. The summed E-state index contributed by atoms with van der Waals surface area (Å²) < 4.78 is 0. The number of hydrogen-bond donors (Lipinski definition) is 1. The SMILES string of the molecule is CC1CCC(CNC2=NCC(C(C)C)S2)C1. The van der Waals surface area contributed by atoms with Crippen molar-refractivity contribution in [3.05, 3.63) is 0 Å². The first-order valence-corrected chi connectivity index (χ1v) is 7.48. The van der Waals surface area contributed by atoms with Gasteiger partial charge in [-0.2, -0.15) is 0 Å². The summed E-state index contributed by atoms with van der Waals surface area (Å²) in [6.07, 6.45) is 4.22. The fourth-order valence-corrected chi connectivity index (χ4v) is 3.60. The van der Waals surface area contributed by atoms with E-state index < -0.39 is 0 Å². The van der Waals surface area contributed by atoms with E-state index in [1.807, 2.05) is 11.8 Å². The molecule has 0 aromatic carbocycles. The van der Waals surface area contributed by atoms with E-state index in [1.54, 1.807) is 0 Å². The molecule has 1 aliphatic heterocycles. The van der Waals surface area contributed by atoms with Gasteiger partial charge in [0.15, 0.2) is 5.17 Å². The first-order chi connectivity index (χ1) is 7.65. The van der Waals surface area contributed by atoms with Crippen LogP contribution in [0.5, 0.6) is 0 Å². The highest BCUT2D eigenvalue weighted by molar-refractivity contribution is 8.14. The Morgan fingerprint density at radius 1 is 1.44 bits per heavy atom. The van der Waals surface area contributed by atoms with Crippen LogP contribution < -0.4 is 5.32 Å². The molecule has 92 valence electrons. The Morgan fingerprint density at radius 3 is 2.81 bits per heavy atom. The number of thioether (sulfide) groups is 1. The Bertz CT molecular complexity index is 263. The summed E-state index contributed by atoms with van der Waals surface area (Å²) in [5.74, 6) is 2.56. The van der Waals surface area contributed by atoms with E-state index >= 15 is 0 Å². The predicted molar refractivity (Wildman–Crippen MR) is 73.0 cm³/mol. The fourth-order valence-electron chi connectivity index (χ4n) is 2.58. The Hall–Kier alpha value is -0.180. The molecule has 16 heavy (non-hydrogen) atoms. The second-order valence-electron chi connectivity index (χ2n) is 5.71. The van der Waals surface area contributed by atoms with Gasteiger partial charge in [0, 0.05) is 11.8 Å². The number of rotatable bonds is 3. The van der Waals surface area contributed by atoms with Crippen molar-refractivity contribution in [2.75, 3.05) is 13.1 Å². The molecular weight excluding hydrogens is 216 g/mol. The van der Waals surface area contributed by atoms with Crippen molar-refractivity contribution in [1.29, 1.82) is 0 Å². The molecular formula is C13H24N2S. The maximum absolute atomic E-state index is 4.59. The molecule has 3 unspecified atom stereocenters. The molecule has 1 saturated carbocycles. The van der Waals surface area contributed by atoms with Gasteiger partial charge in [0.2, 0.25) is 0 Å². The van der Waals surface area contributed by atoms with Crippen LogP contribution in [-0.4, -0.2) is 23.5 Å². The molecule has 0 bridgehead atoms. The van der Waals surface area contributed by atoms with Gasteiger partial charge < -0.3 is 5.32 Å². The summed E-state index contributed by atoms with van der Waals surface area (Å²) in [7, 11) is 0. The second kappa shape index (κ2) is 5.44. The summed E-state index contributed by atoms with van der Waals surface area (Å²) in [6, 6.07) is 0. The highest BCUT2D eigenvalue weighted by Gasteiger charge is 2.25. The molecule has 1 N–H and O–H groups in total. The first kappa shape index (κ1) is 12.3. The molecule has 3 heteroatoms. The Kier molecular flexibility index (Phi) is 4.17. The zero-order valence-electron chi connectivity index (χ0n) is 10.7. The van der Waals surface area contributed by atoms with E-state index in [-0.39, 0.29) is 0 Å². The third-order valence-corrected chi connectivity index (χ3v) is 5.26. The lowest BCUT2D eigenvalue weighted by Crippen LogP contribution is -2.26. The van der Waals surface area contributed by atoms with E-state index in [2.05, 4.69) is 31.1 Å². The second-order valence-corrected chi connectivity index (χ2v) is 6.94. The molecule has 0 saturated heterocycles. The molecule has 0 spiro atoms. The minimum absolute atomic E-state index is 0.699. The van der Waals surface area contributed by atoms with Crippen LogP contribution in [0.25, 0.3) is 0 Å². The number of nitrogens with one attached hydrogen (secondary N) is 1. The van der Waals surface area contributed by atoms with Gasteiger partial charge >= 0.3 is 0 Å². The van der Waals surface area contributed by atoms with Crippen molar-refractivity contribution in [3.63, 3.8) is 0 Å². The Morgan fingerprint density at radius 2 is 2.25 bits per heavy atom. The number of nitrogens with zero attached hydrogens (tertiary/aromatic N) is 1. The average molecular weight is 240 g/mol. The van der Waals surface area contributed by atoms with Crippen LogP contribution in [0.3, 0.4) is 0 Å². The van der Waals surface area contributed by atoms with Crippen molar-refractivity contribution in [2.24, 2.45) is 22.7 Å². The van der Waals surface area contributed by atoms with E-state index in [1.165, 1.54) is 24.4 Å². The molecule has 0 aromatic rings. The van der Waals surface area contributed by atoms with Gasteiger partial charge in [0.25, 0.3) is 0 Å². The molecule has 2 aliphatic rings. The molecule has 1 aliphatic carbocycles. The summed E-state index contributed by atoms with van der Waals surface area (Å²) in [6.45, 7) is 9.09. The molecule has 0 amide bonds. The summed E-state index contributed by atoms with van der Waals surface area (Å²) >= 11 is 1.94. The zero-order chi connectivity index (χ0) is 11.5. The molecule has 0 aromatic heterocycles. The summed E-state index contributed by atoms with van der Waals surface area (Å²) in [5.41, 5.74) is 0. The average Bonchev–Trinajstić information content (AvgIpc) is 2.83. The highest BCUT2D eigenvalue weighted by atomic mass is 32.2. The Labute approximate surface area is 104 Å². The van der Waals surface area contributed by atoms with E-state index in [9.17, 15) is 0 Å². The molecule has 3 atom stereocenters. The highest BCUT2D eigenvalue weighted by Crippen LogP contribution is 2.30. The fraction of sp³-hybridized carbons (Fsp3) is 0.923. The predicted octanol–water partition coefficient (Wildman–Crippen LogP) is 3.14. The van der Waals surface area contributed by atoms with E-state index in [4.69, 9.17) is 0 Å². The topological polar surface area (TPSA) is 24.4 Å². The zero-order valence-corrected chi connectivity index (χ0v) is 11.5. The molecule has 2 rings (SSSR count). The van der Waals surface area contributed by atoms with Crippen LogP contribution in [-0.2, 0) is 0 Å². The van der Waals surface area contributed by atoms with Crippen molar-refractivity contribution in [1.82, 2.24) is 5.32 Å². The summed E-state index contributed by atoms with van der Waals surface area (Å²) in [4.78, 5) is 4.59. The van der Waals surface area contributed by atoms with Crippen molar-refractivity contribution in [3.8, 4) is 0 Å². The number of aliphatic imine (C=N–C) groups is 1. The van der Waals surface area contributed by atoms with E-state index in [0.29, 0.717) is 5.25 Å². The quantitative estimate of drug-likeness (QED) is 0.819. The lowest BCUT2D eigenvalue weighted by molar-refractivity contribution is 0.508. The maximum atomic E-state index is 4.59. The van der Waals surface area contributed by atoms with Crippen LogP contribution in [0, 0.1) is 17.8 Å². The molecule has 0 radical (unpaired) electrons. The van der Waals surface area contributed by atoms with Crippen LogP contribution in [0.1, 0.15) is 40.0 Å². The third kappa shape index (κ3) is 3.16. The van der Waals surface area contributed by atoms with Crippen LogP contribution in [0.2, 0.25) is 0 Å². The maximum Gasteiger partial charge on any atom is 0.156 e. The van der Waals surface area contributed by atoms with Gasteiger partial charge in [-0.25, -0.2) is 0 Å². The minimum Gasteiger partial charge on any atom is -0.365 e. The largest absolute Gasteiger partial charge is 0.365 e.